The predicted molar refractivity (Wildman–Crippen MR) is 88.1 cm³/mol. The maximum absolute atomic E-state index is 5.34. The third kappa shape index (κ3) is 4.38. The molecule has 2 rings (SSSR count). The van der Waals surface area contributed by atoms with Crippen LogP contribution in [0.3, 0.4) is 0 Å². The number of hydrogen-bond acceptors (Lipinski definition) is 2. The zero-order valence-corrected chi connectivity index (χ0v) is 14.5. The first-order valence-electron chi connectivity index (χ1n) is 6.97. The molecule has 1 saturated carbocycles. The van der Waals surface area contributed by atoms with Crippen molar-refractivity contribution in [2.75, 3.05) is 19.0 Å². The van der Waals surface area contributed by atoms with Crippen LogP contribution in [0.2, 0.25) is 0 Å². The van der Waals surface area contributed by atoms with Crippen molar-refractivity contribution in [3.05, 3.63) is 21.1 Å². The van der Waals surface area contributed by atoms with Crippen LogP contribution in [-0.2, 0) is 0 Å². The summed E-state index contributed by atoms with van der Waals surface area (Å²) in [4.78, 5) is 0. The molecule has 1 aromatic carbocycles. The summed E-state index contributed by atoms with van der Waals surface area (Å²) in [5.74, 6) is 1.68. The Bertz CT molecular complexity index is 415. The van der Waals surface area contributed by atoms with Gasteiger partial charge in [0.15, 0.2) is 0 Å². The molecule has 1 fully saturated rings. The lowest BCUT2D eigenvalue weighted by Gasteiger charge is -2.17. The number of hydrogen-bond donors (Lipinski definition) is 1. The molecule has 1 aliphatic carbocycles. The molecule has 0 amide bonds. The highest BCUT2D eigenvalue weighted by Crippen LogP contribution is 2.35. The van der Waals surface area contributed by atoms with Crippen molar-refractivity contribution < 1.29 is 4.74 Å². The molecule has 0 unspecified atom stereocenters. The SMILES string of the molecule is COc1cc(NCC2CCCCCC2)c(Br)cc1Br. The molecule has 2 nitrogen and oxygen atoms in total. The van der Waals surface area contributed by atoms with Gasteiger partial charge in [-0.15, -0.1) is 0 Å². The van der Waals surface area contributed by atoms with Gasteiger partial charge in [0.05, 0.1) is 17.3 Å². The highest BCUT2D eigenvalue weighted by molar-refractivity contribution is 9.11. The minimum Gasteiger partial charge on any atom is -0.495 e. The molecule has 1 N–H and O–H groups in total. The van der Waals surface area contributed by atoms with E-state index in [0.29, 0.717) is 0 Å². The van der Waals surface area contributed by atoms with Crippen LogP contribution in [0.5, 0.6) is 5.75 Å². The largest absolute Gasteiger partial charge is 0.495 e. The van der Waals surface area contributed by atoms with E-state index in [1.165, 1.54) is 38.5 Å². The van der Waals surface area contributed by atoms with Crippen LogP contribution >= 0.6 is 31.9 Å². The second-order valence-corrected chi connectivity index (χ2v) is 6.91. The van der Waals surface area contributed by atoms with Crippen LogP contribution in [0.15, 0.2) is 21.1 Å². The van der Waals surface area contributed by atoms with Crippen LogP contribution < -0.4 is 10.1 Å². The van der Waals surface area contributed by atoms with Gasteiger partial charge >= 0.3 is 0 Å². The number of nitrogens with one attached hydrogen (secondary N) is 1. The molecule has 0 spiro atoms. The van der Waals surface area contributed by atoms with Gasteiger partial charge in [-0.25, -0.2) is 0 Å². The van der Waals surface area contributed by atoms with E-state index in [4.69, 9.17) is 4.74 Å². The summed E-state index contributed by atoms with van der Waals surface area (Å²) in [7, 11) is 1.70. The lowest BCUT2D eigenvalue weighted by molar-refractivity contribution is 0.412. The standard InChI is InChI=1S/C15H21Br2NO/c1-19-15-9-14(12(16)8-13(15)17)18-10-11-6-4-2-3-5-7-11/h8-9,11,18H,2-7,10H2,1H3. The molecule has 0 bridgehead atoms. The zero-order valence-electron chi connectivity index (χ0n) is 11.3. The highest BCUT2D eigenvalue weighted by atomic mass is 79.9. The average Bonchev–Trinajstić information content (AvgIpc) is 2.66. The lowest BCUT2D eigenvalue weighted by Crippen LogP contribution is -2.14. The van der Waals surface area contributed by atoms with Gasteiger partial charge in [-0.1, -0.05) is 25.7 Å². The van der Waals surface area contributed by atoms with Crippen LogP contribution in [0.4, 0.5) is 5.69 Å². The summed E-state index contributed by atoms with van der Waals surface area (Å²) in [6.45, 7) is 1.06. The van der Waals surface area contributed by atoms with E-state index in [1.807, 2.05) is 12.1 Å². The van der Waals surface area contributed by atoms with Crippen molar-refractivity contribution in [1.82, 2.24) is 0 Å². The molecular weight excluding hydrogens is 370 g/mol. The Hall–Kier alpha value is -0.220. The monoisotopic (exact) mass is 389 g/mol. The Balaban J connectivity index is 1.98. The molecule has 19 heavy (non-hydrogen) atoms. The Labute approximate surface area is 132 Å². The van der Waals surface area contributed by atoms with Crippen molar-refractivity contribution >= 4 is 37.5 Å². The second-order valence-electron chi connectivity index (χ2n) is 5.21. The second kappa shape index (κ2) is 7.53. The van der Waals surface area contributed by atoms with E-state index in [0.717, 1.165) is 32.8 Å². The molecule has 0 saturated heterocycles. The first-order valence-corrected chi connectivity index (χ1v) is 8.56. The lowest BCUT2D eigenvalue weighted by atomic mass is 10.0. The van der Waals surface area contributed by atoms with Gasteiger partial charge in [-0.2, -0.15) is 0 Å². The molecule has 0 aliphatic heterocycles. The Kier molecular flexibility index (Phi) is 6.02. The third-order valence-corrected chi connectivity index (χ3v) is 5.07. The number of halogens is 2. The van der Waals surface area contributed by atoms with Gasteiger partial charge in [-0.05, 0) is 56.7 Å². The smallest absolute Gasteiger partial charge is 0.135 e. The molecule has 1 aliphatic rings. The number of anilines is 1. The number of methoxy groups -OCH3 is 1. The molecule has 0 aromatic heterocycles. The van der Waals surface area contributed by atoms with E-state index in [1.54, 1.807) is 7.11 Å². The molecule has 1 aromatic rings. The van der Waals surface area contributed by atoms with E-state index in [2.05, 4.69) is 37.2 Å². The highest BCUT2D eigenvalue weighted by Gasteiger charge is 2.13. The summed E-state index contributed by atoms with van der Waals surface area (Å²) in [5, 5.41) is 3.56. The zero-order chi connectivity index (χ0) is 13.7. The molecular formula is C15H21Br2NO. The topological polar surface area (TPSA) is 21.3 Å². The van der Waals surface area contributed by atoms with Crippen LogP contribution in [-0.4, -0.2) is 13.7 Å². The van der Waals surface area contributed by atoms with E-state index >= 15 is 0 Å². The fourth-order valence-electron chi connectivity index (χ4n) is 2.64. The van der Waals surface area contributed by atoms with Gasteiger partial charge in [0.1, 0.15) is 5.75 Å². The van der Waals surface area contributed by atoms with E-state index in [9.17, 15) is 0 Å². The van der Waals surface area contributed by atoms with Gasteiger partial charge in [-0.3, -0.25) is 0 Å². The van der Waals surface area contributed by atoms with Gasteiger partial charge in [0.25, 0.3) is 0 Å². The summed E-state index contributed by atoms with van der Waals surface area (Å²) in [6, 6.07) is 4.08. The fourth-order valence-corrected chi connectivity index (χ4v) is 3.94. The van der Waals surface area contributed by atoms with Crippen molar-refractivity contribution in [2.24, 2.45) is 5.92 Å². The normalized spacial score (nSPS) is 17.0. The first kappa shape index (κ1) is 15.2. The van der Waals surface area contributed by atoms with Crippen molar-refractivity contribution in [3.8, 4) is 5.75 Å². The van der Waals surface area contributed by atoms with Gasteiger partial charge < -0.3 is 10.1 Å². The van der Waals surface area contributed by atoms with Crippen molar-refractivity contribution in [3.63, 3.8) is 0 Å². The van der Waals surface area contributed by atoms with Gasteiger partial charge in [0.2, 0.25) is 0 Å². The number of rotatable bonds is 4. The quantitative estimate of drug-likeness (QED) is 0.675. The number of ether oxygens (including phenoxy) is 1. The summed E-state index contributed by atoms with van der Waals surface area (Å²) in [5.41, 5.74) is 1.12. The number of benzene rings is 1. The van der Waals surface area contributed by atoms with E-state index in [-0.39, 0.29) is 0 Å². The van der Waals surface area contributed by atoms with Crippen LogP contribution in [0.25, 0.3) is 0 Å². The third-order valence-electron chi connectivity index (χ3n) is 3.80. The maximum Gasteiger partial charge on any atom is 0.135 e. The average molecular weight is 391 g/mol. The summed E-state index contributed by atoms with van der Waals surface area (Å²) >= 11 is 7.10. The predicted octanol–water partition coefficient (Wildman–Crippen LogP) is 5.60. The fraction of sp³-hybridized carbons (Fsp3) is 0.600. The molecule has 0 radical (unpaired) electrons. The Morgan fingerprint density at radius 3 is 2.42 bits per heavy atom. The minimum atomic E-state index is 0.809. The minimum absolute atomic E-state index is 0.809. The van der Waals surface area contributed by atoms with Crippen LogP contribution in [0.1, 0.15) is 38.5 Å². The van der Waals surface area contributed by atoms with Crippen molar-refractivity contribution in [1.29, 1.82) is 0 Å². The Morgan fingerprint density at radius 1 is 1.11 bits per heavy atom. The van der Waals surface area contributed by atoms with Crippen LogP contribution in [0, 0.1) is 5.92 Å². The first-order chi connectivity index (χ1) is 9.20. The Morgan fingerprint density at radius 2 is 1.79 bits per heavy atom. The molecule has 106 valence electrons. The van der Waals surface area contributed by atoms with Gasteiger partial charge in [0, 0.05) is 17.1 Å². The molecule has 4 heteroatoms. The maximum atomic E-state index is 5.34. The van der Waals surface area contributed by atoms with E-state index < -0.39 is 0 Å². The molecule has 0 atom stereocenters. The van der Waals surface area contributed by atoms with Crippen molar-refractivity contribution in [2.45, 2.75) is 38.5 Å². The molecule has 0 heterocycles. The summed E-state index contributed by atoms with van der Waals surface area (Å²) in [6.07, 6.45) is 8.31. The summed E-state index contributed by atoms with van der Waals surface area (Å²) < 4.78 is 7.40.